The number of aryl methyl sites for hydroxylation is 1. The molecule has 0 saturated heterocycles. The lowest BCUT2D eigenvalue weighted by molar-refractivity contribution is -0.127. The van der Waals surface area contributed by atoms with Crippen molar-refractivity contribution in [2.24, 2.45) is 0 Å². The monoisotopic (exact) mass is 243 g/mol. The maximum absolute atomic E-state index is 11.7. The van der Waals surface area contributed by atoms with Crippen LogP contribution in [0.15, 0.2) is 5.16 Å². The number of thioether (sulfide) groups is 1. The van der Waals surface area contributed by atoms with Crippen molar-refractivity contribution in [1.82, 2.24) is 19.8 Å². The van der Waals surface area contributed by atoms with Crippen LogP contribution in [-0.2, 0) is 4.79 Å². The Morgan fingerprint density at radius 3 is 2.50 bits per heavy atom. The summed E-state index contributed by atoms with van der Waals surface area (Å²) in [6, 6.07) is 0. The van der Waals surface area contributed by atoms with Crippen LogP contribution in [0.2, 0.25) is 0 Å². The number of nitrogens with zero attached hydrogens (tertiary/aromatic N) is 4. The molecule has 1 aromatic rings. The number of hydrogen-bond acceptors (Lipinski definition) is 5. The fourth-order valence-corrected chi connectivity index (χ4v) is 2.05. The Kier molecular flexibility index (Phi) is 4.60. The third kappa shape index (κ3) is 2.88. The Bertz CT molecular complexity index is 361. The lowest BCUT2D eigenvalue weighted by Gasteiger charge is -2.17. The van der Waals surface area contributed by atoms with Crippen LogP contribution < -0.4 is 5.84 Å². The van der Waals surface area contributed by atoms with Gasteiger partial charge in [-0.25, -0.2) is 4.68 Å². The molecule has 16 heavy (non-hydrogen) atoms. The minimum Gasteiger partial charge on any atom is -0.343 e. The molecule has 2 N–H and O–H groups in total. The van der Waals surface area contributed by atoms with Crippen molar-refractivity contribution < 1.29 is 4.79 Å². The number of nitrogens with two attached hydrogens (primary N) is 1. The Hall–Kier alpha value is -1.24. The van der Waals surface area contributed by atoms with Crippen molar-refractivity contribution >= 4 is 17.7 Å². The summed E-state index contributed by atoms with van der Waals surface area (Å²) in [4.78, 5) is 13.5. The van der Waals surface area contributed by atoms with Crippen LogP contribution in [0.5, 0.6) is 0 Å². The van der Waals surface area contributed by atoms with E-state index in [9.17, 15) is 4.79 Å². The zero-order valence-corrected chi connectivity index (χ0v) is 10.6. The average Bonchev–Trinajstić information content (AvgIpc) is 2.59. The van der Waals surface area contributed by atoms with Gasteiger partial charge in [0.15, 0.2) is 0 Å². The summed E-state index contributed by atoms with van der Waals surface area (Å²) in [6.07, 6.45) is 0. The molecule has 0 aliphatic rings. The SMILES string of the molecule is CCN(CC)C(=O)CSc1nnc(C)n1N. The summed E-state index contributed by atoms with van der Waals surface area (Å²) in [5, 5.41) is 8.27. The van der Waals surface area contributed by atoms with Gasteiger partial charge in [-0.3, -0.25) is 4.79 Å². The summed E-state index contributed by atoms with van der Waals surface area (Å²) < 4.78 is 1.39. The fraction of sp³-hybridized carbons (Fsp3) is 0.667. The van der Waals surface area contributed by atoms with Crippen LogP contribution >= 0.6 is 11.8 Å². The number of amides is 1. The first-order valence-electron chi connectivity index (χ1n) is 5.17. The molecule has 1 amide bonds. The van der Waals surface area contributed by atoms with Gasteiger partial charge in [0.1, 0.15) is 5.82 Å². The van der Waals surface area contributed by atoms with E-state index in [0.29, 0.717) is 16.7 Å². The molecular weight excluding hydrogens is 226 g/mol. The van der Waals surface area contributed by atoms with Gasteiger partial charge in [0.25, 0.3) is 0 Å². The smallest absolute Gasteiger partial charge is 0.233 e. The summed E-state index contributed by atoms with van der Waals surface area (Å²) >= 11 is 1.31. The van der Waals surface area contributed by atoms with Crippen LogP contribution in [0.4, 0.5) is 0 Å². The van der Waals surface area contributed by atoms with Crippen molar-refractivity contribution in [2.75, 3.05) is 24.7 Å². The van der Waals surface area contributed by atoms with E-state index in [1.54, 1.807) is 11.8 Å². The van der Waals surface area contributed by atoms with E-state index in [-0.39, 0.29) is 5.91 Å². The first kappa shape index (κ1) is 12.8. The van der Waals surface area contributed by atoms with E-state index < -0.39 is 0 Å². The van der Waals surface area contributed by atoms with Crippen molar-refractivity contribution in [3.05, 3.63) is 5.82 Å². The molecule has 0 saturated carbocycles. The van der Waals surface area contributed by atoms with Gasteiger partial charge in [0.05, 0.1) is 5.75 Å². The van der Waals surface area contributed by atoms with Crippen LogP contribution in [0, 0.1) is 6.92 Å². The normalized spacial score (nSPS) is 10.4. The molecule has 0 aliphatic carbocycles. The van der Waals surface area contributed by atoms with Crippen LogP contribution in [0.3, 0.4) is 0 Å². The van der Waals surface area contributed by atoms with E-state index in [2.05, 4.69) is 10.2 Å². The van der Waals surface area contributed by atoms with Gasteiger partial charge in [0.2, 0.25) is 11.1 Å². The van der Waals surface area contributed by atoms with Gasteiger partial charge in [-0.05, 0) is 20.8 Å². The minimum atomic E-state index is 0.0932. The number of rotatable bonds is 5. The van der Waals surface area contributed by atoms with E-state index >= 15 is 0 Å². The molecule has 1 rings (SSSR count). The van der Waals surface area contributed by atoms with E-state index in [0.717, 1.165) is 13.1 Å². The second-order valence-corrected chi connectivity index (χ2v) is 4.20. The number of aromatic nitrogens is 3. The number of carbonyl (C=O) groups excluding carboxylic acids is 1. The summed E-state index contributed by atoms with van der Waals surface area (Å²) in [5.41, 5.74) is 0. The predicted octanol–water partition coefficient (Wildman–Crippen LogP) is 0.261. The van der Waals surface area contributed by atoms with Gasteiger partial charge in [-0.2, -0.15) is 0 Å². The maximum Gasteiger partial charge on any atom is 0.233 e. The van der Waals surface area contributed by atoms with Gasteiger partial charge >= 0.3 is 0 Å². The number of hydrogen-bond donors (Lipinski definition) is 1. The standard InChI is InChI=1S/C9H17N5OS/c1-4-13(5-2)8(15)6-16-9-12-11-7(3)14(9)10/h4-6,10H2,1-3H3. The van der Waals surface area contributed by atoms with E-state index in [4.69, 9.17) is 5.84 Å². The highest BCUT2D eigenvalue weighted by Crippen LogP contribution is 2.14. The molecular formula is C9H17N5OS. The topological polar surface area (TPSA) is 77.0 Å². The molecule has 6 nitrogen and oxygen atoms in total. The fourth-order valence-electron chi connectivity index (χ4n) is 1.24. The summed E-state index contributed by atoms with van der Waals surface area (Å²) in [7, 11) is 0. The van der Waals surface area contributed by atoms with E-state index in [1.165, 1.54) is 16.4 Å². The van der Waals surface area contributed by atoms with Crippen molar-refractivity contribution in [2.45, 2.75) is 25.9 Å². The Balaban J connectivity index is 2.52. The third-order valence-corrected chi connectivity index (χ3v) is 3.20. The molecule has 0 unspecified atom stereocenters. The van der Waals surface area contributed by atoms with Gasteiger partial charge < -0.3 is 10.7 Å². The minimum absolute atomic E-state index is 0.0932. The molecule has 0 radical (unpaired) electrons. The predicted molar refractivity (Wildman–Crippen MR) is 63.6 cm³/mol. The largest absolute Gasteiger partial charge is 0.343 e. The Labute approximate surface area is 99.2 Å². The maximum atomic E-state index is 11.7. The lowest BCUT2D eigenvalue weighted by Crippen LogP contribution is -2.32. The molecule has 1 aromatic heterocycles. The number of nitrogen functional groups attached to an aromatic ring is 1. The second-order valence-electron chi connectivity index (χ2n) is 3.25. The van der Waals surface area contributed by atoms with Crippen LogP contribution in [0.1, 0.15) is 19.7 Å². The molecule has 7 heteroatoms. The lowest BCUT2D eigenvalue weighted by atomic mass is 10.5. The molecule has 0 aliphatic heterocycles. The zero-order chi connectivity index (χ0) is 12.1. The summed E-state index contributed by atoms with van der Waals surface area (Å²) in [5.74, 6) is 6.75. The second kappa shape index (κ2) is 5.74. The molecule has 0 atom stereocenters. The van der Waals surface area contributed by atoms with E-state index in [1.807, 2.05) is 13.8 Å². The highest BCUT2D eigenvalue weighted by molar-refractivity contribution is 7.99. The van der Waals surface area contributed by atoms with Crippen molar-refractivity contribution in [3.8, 4) is 0 Å². The molecule has 0 spiro atoms. The first-order chi connectivity index (χ1) is 7.60. The van der Waals surface area contributed by atoms with Crippen molar-refractivity contribution in [3.63, 3.8) is 0 Å². The molecule has 0 bridgehead atoms. The first-order valence-corrected chi connectivity index (χ1v) is 6.16. The molecule has 0 aromatic carbocycles. The highest BCUT2D eigenvalue weighted by Gasteiger charge is 2.13. The zero-order valence-electron chi connectivity index (χ0n) is 9.80. The molecule has 0 fully saturated rings. The third-order valence-electron chi connectivity index (χ3n) is 2.28. The van der Waals surface area contributed by atoms with Gasteiger partial charge in [-0.15, -0.1) is 10.2 Å². The van der Waals surface area contributed by atoms with Crippen molar-refractivity contribution in [1.29, 1.82) is 0 Å². The molecule has 1 heterocycles. The Morgan fingerprint density at radius 2 is 2.06 bits per heavy atom. The van der Waals surface area contributed by atoms with Crippen LogP contribution in [0.25, 0.3) is 0 Å². The average molecular weight is 243 g/mol. The Morgan fingerprint density at radius 1 is 1.44 bits per heavy atom. The van der Waals surface area contributed by atoms with Gasteiger partial charge in [0, 0.05) is 13.1 Å². The highest BCUT2D eigenvalue weighted by atomic mass is 32.2. The number of carbonyl (C=O) groups is 1. The summed E-state index contributed by atoms with van der Waals surface area (Å²) in [6.45, 7) is 7.14. The van der Waals surface area contributed by atoms with Gasteiger partial charge in [-0.1, -0.05) is 11.8 Å². The quantitative estimate of drug-likeness (QED) is 0.593. The molecule has 90 valence electrons. The van der Waals surface area contributed by atoms with Crippen LogP contribution in [-0.4, -0.2) is 44.5 Å².